The molecule has 116 valence electrons. The van der Waals surface area contributed by atoms with Crippen LogP contribution in [-0.2, 0) is 4.79 Å². The number of aryl methyl sites for hydroxylation is 1. The van der Waals surface area contributed by atoms with Crippen molar-refractivity contribution in [3.63, 3.8) is 0 Å². The predicted octanol–water partition coefficient (Wildman–Crippen LogP) is 4.82. The van der Waals surface area contributed by atoms with Gasteiger partial charge in [-0.1, -0.05) is 15.9 Å². The Morgan fingerprint density at radius 1 is 1.26 bits per heavy atom. The van der Waals surface area contributed by atoms with Gasteiger partial charge in [0, 0.05) is 25.6 Å². The summed E-state index contributed by atoms with van der Waals surface area (Å²) in [6.45, 7) is 1.91. The van der Waals surface area contributed by atoms with Crippen LogP contribution in [0, 0.1) is 21.8 Å². The van der Waals surface area contributed by atoms with Crippen molar-refractivity contribution in [2.45, 2.75) is 6.92 Å². The third kappa shape index (κ3) is 5.08. The minimum atomic E-state index is -0.443. The first-order valence-electron chi connectivity index (χ1n) is 6.69. The molecule has 2 N–H and O–H groups in total. The lowest BCUT2D eigenvalue weighted by molar-refractivity contribution is -0.112. The first-order valence-corrected chi connectivity index (χ1v) is 8.56. The van der Waals surface area contributed by atoms with Crippen molar-refractivity contribution in [3.8, 4) is 6.07 Å². The zero-order chi connectivity index (χ0) is 16.8. The lowest BCUT2D eigenvalue weighted by atomic mass is 10.2. The Kier molecular flexibility index (Phi) is 6.19. The summed E-state index contributed by atoms with van der Waals surface area (Å²) in [6.07, 6.45) is 1.40. The molecule has 0 spiro atoms. The molecule has 0 atom stereocenters. The lowest BCUT2D eigenvalue weighted by Gasteiger charge is -2.08. The average molecular weight is 482 g/mol. The summed E-state index contributed by atoms with van der Waals surface area (Å²) < 4.78 is 2.05. The molecule has 0 heterocycles. The van der Waals surface area contributed by atoms with Gasteiger partial charge in [-0.2, -0.15) is 5.26 Å². The second-order valence-electron chi connectivity index (χ2n) is 4.73. The molecule has 1 amide bonds. The first kappa shape index (κ1) is 17.5. The maximum Gasteiger partial charge on any atom is 0.267 e. The third-order valence-corrected chi connectivity index (χ3v) is 4.23. The summed E-state index contributed by atoms with van der Waals surface area (Å²) in [7, 11) is 0. The highest BCUT2D eigenvalue weighted by Crippen LogP contribution is 2.19. The van der Waals surface area contributed by atoms with Gasteiger partial charge in [0.25, 0.3) is 5.91 Å². The van der Waals surface area contributed by atoms with Gasteiger partial charge in [0.05, 0.1) is 0 Å². The Morgan fingerprint density at radius 2 is 1.96 bits per heavy atom. The van der Waals surface area contributed by atoms with Crippen molar-refractivity contribution in [1.29, 1.82) is 5.26 Å². The number of nitrogens with one attached hydrogen (secondary N) is 2. The topological polar surface area (TPSA) is 64.9 Å². The lowest BCUT2D eigenvalue weighted by Crippen LogP contribution is -2.15. The number of nitrogens with zero attached hydrogens (tertiary/aromatic N) is 1. The van der Waals surface area contributed by atoms with Crippen molar-refractivity contribution >= 4 is 55.8 Å². The molecule has 0 saturated carbocycles. The van der Waals surface area contributed by atoms with E-state index in [1.54, 1.807) is 0 Å². The zero-order valence-electron chi connectivity index (χ0n) is 12.2. The maximum absolute atomic E-state index is 12.2. The van der Waals surface area contributed by atoms with Crippen LogP contribution in [0.3, 0.4) is 0 Å². The fourth-order valence-electron chi connectivity index (χ4n) is 1.81. The molecule has 0 radical (unpaired) electrons. The van der Waals surface area contributed by atoms with Crippen LogP contribution in [-0.4, -0.2) is 5.91 Å². The second-order valence-corrected chi connectivity index (χ2v) is 6.90. The Bertz CT molecular complexity index is 794. The first-order chi connectivity index (χ1) is 11.0. The van der Waals surface area contributed by atoms with Gasteiger partial charge < -0.3 is 10.6 Å². The largest absolute Gasteiger partial charge is 0.360 e. The SMILES string of the molecule is Cc1cc(I)ccc1NC(=O)/C(C#N)=C\Nc1ccc(Br)cc1. The summed E-state index contributed by atoms with van der Waals surface area (Å²) in [5.41, 5.74) is 2.44. The predicted molar refractivity (Wildman–Crippen MR) is 104 cm³/mol. The molecule has 2 aromatic carbocycles. The monoisotopic (exact) mass is 481 g/mol. The molecule has 0 aromatic heterocycles. The van der Waals surface area contributed by atoms with Gasteiger partial charge in [-0.05, 0) is 77.5 Å². The van der Waals surface area contributed by atoms with Gasteiger partial charge >= 0.3 is 0 Å². The van der Waals surface area contributed by atoms with E-state index in [0.29, 0.717) is 5.69 Å². The zero-order valence-corrected chi connectivity index (χ0v) is 16.0. The molecule has 23 heavy (non-hydrogen) atoms. The number of carbonyl (C=O) groups excluding carboxylic acids is 1. The third-order valence-electron chi connectivity index (χ3n) is 3.03. The van der Waals surface area contributed by atoms with E-state index in [1.165, 1.54) is 6.20 Å². The Labute approximate surface area is 156 Å². The van der Waals surface area contributed by atoms with Gasteiger partial charge in [0.2, 0.25) is 0 Å². The molecule has 0 fully saturated rings. The van der Waals surface area contributed by atoms with Crippen molar-refractivity contribution in [2.24, 2.45) is 0 Å². The molecule has 0 saturated heterocycles. The van der Waals surface area contributed by atoms with Crippen molar-refractivity contribution in [3.05, 3.63) is 67.8 Å². The number of halogens is 2. The van der Waals surface area contributed by atoms with Crippen LogP contribution < -0.4 is 10.6 Å². The Morgan fingerprint density at radius 3 is 2.57 bits per heavy atom. The number of hydrogen-bond donors (Lipinski definition) is 2. The number of amides is 1. The Balaban J connectivity index is 2.10. The highest BCUT2D eigenvalue weighted by atomic mass is 127. The minimum absolute atomic E-state index is 0.00543. The van der Waals surface area contributed by atoms with E-state index in [4.69, 9.17) is 0 Å². The molecule has 2 rings (SSSR count). The molecule has 0 aliphatic carbocycles. The van der Waals surface area contributed by atoms with Gasteiger partial charge in [0.15, 0.2) is 0 Å². The molecular weight excluding hydrogens is 469 g/mol. The summed E-state index contributed by atoms with van der Waals surface area (Å²) in [5.74, 6) is -0.443. The molecule has 0 aliphatic heterocycles. The van der Waals surface area contributed by atoms with Gasteiger partial charge in [0.1, 0.15) is 11.6 Å². The molecule has 0 aliphatic rings. The fourth-order valence-corrected chi connectivity index (χ4v) is 2.72. The van der Waals surface area contributed by atoms with E-state index in [9.17, 15) is 10.1 Å². The number of nitriles is 1. The summed E-state index contributed by atoms with van der Waals surface area (Å²) >= 11 is 5.56. The van der Waals surface area contributed by atoms with E-state index in [2.05, 4.69) is 49.2 Å². The minimum Gasteiger partial charge on any atom is -0.360 e. The fraction of sp³-hybridized carbons (Fsp3) is 0.0588. The molecule has 6 heteroatoms. The maximum atomic E-state index is 12.2. The van der Waals surface area contributed by atoms with E-state index in [1.807, 2.05) is 55.5 Å². The second kappa shape index (κ2) is 8.13. The van der Waals surface area contributed by atoms with E-state index in [0.717, 1.165) is 19.3 Å². The van der Waals surface area contributed by atoms with Crippen LogP contribution >= 0.6 is 38.5 Å². The molecule has 0 unspecified atom stereocenters. The van der Waals surface area contributed by atoms with Crippen molar-refractivity contribution in [2.75, 3.05) is 10.6 Å². The highest BCUT2D eigenvalue weighted by Gasteiger charge is 2.10. The summed E-state index contributed by atoms with van der Waals surface area (Å²) in [6, 6.07) is 15.0. The standard InChI is InChI=1S/C17H13BrIN3O/c1-11-8-14(19)4-7-16(11)22-17(23)12(9-20)10-21-15-5-2-13(18)3-6-15/h2-8,10,21H,1H3,(H,22,23)/b12-10-. The normalized spacial score (nSPS) is 10.8. The number of rotatable bonds is 4. The Hall–Kier alpha value is -1.85. The average Bonchev–Trinajstić information content (AvgIpc) is 2.52. The molecular formula is C17H13BrIN3O. The van der Waals surface area contributed by atoms with Gasteiger partial charge in [-0.3, -0.25) is 4.79 Å². The van der Waals surface area contributed by atoms with Crippen LogP contribution in [0.1, 0.15) is 5.56 Å². The highest BCUT2D eigenvalue weighted by molar-refractivity contribution is 14.1. The molecule has 4 nitrogen and oxygen atoms in total. The van der Waals surface area contributed by atoms with Crippen LogP contribution in [0.4, 0.5) is 11.4 Å². The van der Waals surface area contributed by atoms with Crippen LogP contribution in [0.15, 0.2) is 58.7 Å². The molecule has 2 aromatic rings. The van der Waals surface area contributed by atoms with E-state index in [-0.39, 0.29) is 5.57 Å². The van der Waals surface area contributed by atoms with E-state index >= 15 is 0 Å². The van der Waals surface area contributed by atoms with Crippen LogP contribution in [0.2, 0.25) is 0 Å². The van der Waals surface area contributed by atoms with E-state index < -0.39 is 5.91 Å². The van der Waals surface area contributed by atoms with Crippen LogP contribution in [0.25, 0.3) is 0 Å². The summed E-state index contributed by atoms with van der Waals surface area (Å²) in [4.78, 5) is 12.2. The molecule has 0 bridgehead atoms. The summed E-state index contributed by atoms with van der Waals surface area (Å²) in [5, 5.41) is 14.9. The van der Waals surface area contributed by atoms with Crippen LogP contribution in [0.5, 0.6) is 0 Å². The number of benzene rings is 2. The number of anilines is 2. The number of hydrogen-bond acceptors (Lipinski definition) is 3. The quantitative estimate of drug-likeness (QED) is 0.374. The smallest absolute Gasteiger partial charge is 0.267 e. The van der Waals surface area contributed by atoms with Crippen molar-refractivity contribution < 1.29 is 4.79 Å². The van der Waals surface area contributed by atoms with Gasteiger partial charge in [-0.15, -0.1) is 0 Å². The van der Waals surface area contributed by atoms with Gasteiger partial charge in [-0.25, -0.2) is 0 Å². The number of carbonyl (C=O) groups is 1. The van der Waals surface area contributed by atoms with Crippen molar-refractivity contribution in [1.82, 2.24) is 0 Å².